The summed E-state index contributed by atoms with van der Waals surface area (Å²) in [5.74, 6) is 0. The molecule has 0 bridgehead atoms. The Kier molecular flexibility index (Phi) is 2.98. The highest BCUT2D eigenvalue weighted by Gasteiger charge is 2.12. The van der Waals surface area contributed by atoms with Crippen LogP contribution in [0.3, 0.4) is 0 Å². The van der Waals surface area contributed by atoms with E-state index in [-0.39, 0.29) is 5.21 Å². The second kappa shape index (κ2) is 3.68. The lowest BCUT2D eigenvalue weighted by Crippen LogP contribution is -2.02. The molecule has 0 saturated heterocycles. The van der Waals surface area contributed by atoms with Crippen LogP contribution in [0, 0.1) is 13.8 Å². The molecule has 0 N–H and O–H groups in total. The lowest BCUT2D eigenvalue weighted by Gasteiger charge is -2.03. The lowest BCUT2D eigenvalue weighted by molar-refractivity contribution is 0.600. The van der Waals surface area contributed by atoms with Gasteiger partial charge >= 0.3 is 0 Å². The van der Waals surface area contributed by atoms with Gasteiger partial charge in [-0.3, -0.25) is 0 Å². The second-order valence-corrected chi connectivity index (χ2v) is 5.54. The Morgan fingerprint density at radius 3 is 2.31 bits per heavy atom. The van der Waals surface area contributed by atoms with Gasteiger partial charge in [-0.05, 0) is 37.1 Å². The van der Waals surface area contributed by atoms with Crippen LogP contribution in [0.2, 0.25) is 0 Å². The Morgan fingerprint density at radius 2 is 1.85 bits per heavy atom. The van der Waals surface area contributed by atoms with Gasteiger partial charge in [-0.1, -0.05) is 6.07 Å². The van der Waals surface area contributed by atoms with Gasteiger partial charge in [-0.15, -0.1) is 11.6 Å². The van der Waals surface area contributed by atoms with Crippen molar-refractivity contribution >= 4 is 21.4 Å². The summed E-state index contributed by atoms with van der Waals surface area (Å²) in [4.78, 5) is 0.297. The summed E-state index contributed by atoms with van der Waals surface area (Å²) in [6.07, 6.45) is 0. The van der Waals surface area contributed by atoms with Crippen LogP contribution < -0.4 is 0 Å². The van der Waals surface area contributed by atoms with Gasteiger partial charge in [0.2, 0.25) is 0 Å². The summed E-state index contributed by atoms with van der Waals surface area (Å²) in [6, 6.07) is 5.02. The smallest absolute Gasteiger partial charge is 0.192 e. The first-order chi connectivity index (χ1) is 5.97. The zero-order chi connectivity index (χ0) is 10.1. The highest BCUT2D eigenvalue weighted by Crippen LogP contribution is 2.16. The van der Waals surface area contributed by atoms with E-state index in [9.17, 15) is 8.42 Å². The Bertz CT molecular complexity index is 410. The Labute approximate surface area is 83.5 Å². The Hall–Kier alpha value is -0.540. The van der Waals surface area contributed by atoms with Gasteiger partial charge in [0, 0.05) is 0 Å². The fourth-order valence-electron chi connectivity index (χ4n) is 0.970. The van der Waals surface area contributed by atoms with E-state index in [1.54, 1.807) is 18.2 Å². The van der Waals surface area contributed by atoms with E-state index >= 15 is 0 Å². The van der Waals surface area contributed by atoms with E-state index in [2.05, 4.69) is 0 Å². The van der Waals surface area contributed by atoms with E-state index in [1.165, 1.54) is 0 Å². The van der Waals surface area contributed by atoms with Crippen LogP contribution in [0.25, 0.3) is 0 Å². The molecule has 0 radical (unpaired) electrons. The van der Waals surface area contributed by atoms with Crippen LogP contribution in [0.1, 0.15) is 11.1 Å². The van der Waals surface area contributed by atoms with Gasteiger partial charge in [0.05, 0.1) is 4.90 Å². The minimum atomic E-state index is -3.27. The zero-order valence-corrected chi connectivity index (χ0v) is 9.11. The molecule has 13 heavy (non-hydrogen) atoms. The second-order valence-electron chi connectivity index (χ2n) is 2.97. The van der Waals surface area contributed by atoms with E-state index in [0.29, 0.717) is 4.90 Å². The monoisotopic (exact) mass is 218 g/mol. The summed E-state index contributed by atoms with van der Waals surface area (Å²) in [5.41, 5.74) is 2.04. The predicted octanol–water partition coefficient (Wildman–Crippen LogP) is 2.27. The first-order valence-electron chi connectivity index (χ1n) is 3.83. The maximum absolute atomic E-state index is 11.3. The van der Waals surface area contributed by atoms with Gasteiger partial charge in [0.25, 0.3) is 0 Å². The fraction of sp³-hybridized carbons (Fsp3) is 0.333. The van der Waals surface area contributed by atoms with Crippen molar-refractivity contribution < 1.29 is 8.42 Å². The molecule has 0 aliphatic carbocycles. The molecular weight excluding hydrogens is 208 g/mol. The number of hydrogen-bond donors (Lipinski definition) is 0. The molecule has 2 nitrogen and oxygen atoms in total. The summed E-state index contributed by atoms with van der Waals surface area (Å²) in [5, 5.41) is -0.366. The third-order valence-corrected chi connectivity index (χ3v) is 4.10. The van der Waals surface area contributed by atoms with Crippen LogP contribution in [0.5, 0.6) is 0 Å². The molecule has 0 fully saturated rings. The van der Waals surface area contributed by atoms with E-state index < -0.39 is 9.84 Å². The number of benzene rings is 1. The van der Waals surface area contributed by atoms with Crippen LogP contribution in [0.15, 0.2) is 23.1 Å². The molecule has 1 rings (SSSR count). The van der Waals surface area contributed by atoms with Crippen LogP contribution in [-0.2, 0) is 9.84 Å². The van der Waals surface area contributed by atoms with E-state index in [1.807, 2.05) is 13.8 Å². The molecule has 0 unspecified atom stereocenters. The number of halogens is 1. The number of hydrogen-bond acceptors (Lipinski definition) is 2. The molecule has 4 heteroatoms. The molecule has 0 saturated carbocycles. The quantitative estimate of drug-likeness (QED) is 0.714. The Balaban J connectivity index is 3.27. The predicted molar refractivity (Wildman–Crippen MR) is 53.8 cm³/mol. The number of rotatable bonds is 2. The maximum atomic E-state index is 11.3. The third kappa shape index (κ3) is 2.23. The van der Waals surface area contributed by atoms with Crippen LogP contribution >= 0.6 is 11.6 Å². The summed E-state index contributed by atoms with van der Waals surface area (Å²) in [7, 11) is -3.27. The van der Waals surface area contributed by atoms with Gasteiger partial charge in [-0.25, -0.2) is 8.42 Å². The number of sulfone groups is 1. The molecule has 0 atom stereocenters. The molecule has 1 aromatic rings. The number of alkyl halides is 1. The largest absolute Gasteiger partial charge is 0.222 e. The van der Waals surface area contributed by atoms with Crippen molar-refractivity contribution in [3.63, 3.8) is 0 Å². The highest BCUT2D eigenvalue weighted by molar-refractivity contribution is 7.92. The third-order valence-electron chi connectivity index (χ3n) is 1.98. The maximum Gasteiger partial charge on any atom is 0.192 e. The summed E-state index contributed by atoms with van der Waals surface area (Å²) >= 11 is 5.33. The van der Waals surface area contributed by atoms with Gasteiger partial charge in [0.1, 0.15) is 5.21 Å². The minimum Gasteiger partial charge on any atom is -0.222 e. The van der Waals surface area contributed by atoms with Crippen molar-refractivity contribution in [3.8, 4) is 0 Å². The molecule has 0 spiro atoms. The topological polar surface area (TPSA) is 34.1 Å². The zero-order valence-electron chi connectivity index (χ0n) is 7.54. The first kappa shape index (κ1) is 10.5. The Morgan fingerprint density at radius 1 is 1.23 bits per heavy atom. The minimum absolute atomic E-state index is 0.297. The van der Waals surface area contributed by atoms with Crippen molar-refractivity contribution in [2.75, 3.05) is 5.21 Å². The van der Waals surface area contributed by atoms with Crippen molar-refractivity contribution in [2.24, 2.45) is 0 Å². The van der Waals surface area contributed by atoms with Crippen LogP contribution in [0.4, 0.5) is 0 Å². The molecule has 1 aromatic carbocycles. The van der Waals surface area contributed by atoms with Gasteiger partial charge < -0.3 is 0 Å². The van der Waals surface area contributed by atoms with Gasteiger partial charge in [0.15, 0.2) is 9.84 Å². The molecular formula is C9H11ClO2S. The summed E-state index contributed by atoms with van der Waals surface area (Å²) < 4.78 is 22.7. The van der Waals surface area contributed by atoms with E-state index in [4.69, 9.17) is 11.6 Å². The van der Waals surface area contributed by atoms with Crippen molar-refractivity contribution in [1.82, 2.24) is 0 Å². The molecule has 72 valence electrons. The molecule has 0 aromatic heterocycles. The molecule has 0 aliphatic heterocycles. The average Bonchev–Trinajstić information content (AvgIpc) is 2.09. The molecule has 0 aliphatic rings. The van der Waals surface area contributed by atoms with Crippen molar-refractivity contribution in [1.29, 1.82) is 0 Å². The van der Waals surface area contributed by atoms with Gasteiger partial charge in [-0.2, -0.15) is 0 Å². The number of aryl methyl sites for hydroxylation is 2. The average molecular weight is 219 g/mol. The fourth-order valence-corrected chi connectivity index (χ4v) is 2.11. The van der Waals surface area contributed by atoms with Crippen molar-refractivity contribution in [2.45, 2.75) is 18.7 Å². The SMILES string of the molecule is Cc1ccc(S(=O)(=O)CCl)cc1C. The molecule has 0 heterocycles. The standard InChI is InChI=1S/C9H11ClO2S/c1-7-3-4-9(5-8(7)2)13(11,12)6-10/h3-5H,6H2,1-2H3. The van der Waals surface area contributed by atoms with E-state index in [0.717, 1.165) is 11.1 Å². The molecule has 0 amide bonds. The van der Waals surface area contributed by atoms with Crippen LogP contribution in [-0.4, -0.2) is 13.6 Å². The summed E-state index contributed by atoms with van der Waals surface area (Å²) in [6.45, 7) is 3.81. The highest BCUT2D eigenvalue weighted by atomic mass is 35.5. The van der Waals surface area contributed by atoms with Crippen molar-refractivity contribution in [3.05, 3.63) is 29.3 Å². The first-order valence-corrected chi connectivity index (χ1v) is 6.02. The lowest BCUT2D eigenvalue weighted by atomic mass is 10.1. The normalized spacial score (nSPS) is 11.6.